The van der Waals surface area contributed by atoms with Gasteiger partial charge in [-0.05, 0) is 68.5 Å². The van der Waals surface area contributed by atoms with E-state index in [9.17, 15) is 17.6 Å². The average molecular weight is 422 g/mol. The molecule has 2 aromatic heterocycles. The van der Waals surface area contributed by atoms with Gasteiger partial charge in [-0.15, -0.1) is 5.10 Å². The number of hydrogen-bond acceptors (Lipinski definition) is 7. The number of nitrogens with one attached hydrogen (secondary N) is 2. The van der Waals surface area contributed by atoms with E-state index in [0.717, 1.165) is 12.1 Å². The highest BCUT2D eigenvalue weighted by atomic mass is 32.2. The Kier molecular flexibility index (Phi) is 5.24. The maximum absolute atomic E-state index is 14.2. The Morgan fingerprint density at radius 3 is 2.55 bits per heavy atom. The minimum atomic E-state index is -3.95. The molecule has 3 aromatic rings. The lowest BCUT2D eigenvalue weighted by Gasteiger charge is -2.18. The summed E-state index contributed by atoms with van der Waals surface area (Å²) in [7, 11) is -3.95. The smallest absolute Gasteiger partial charge is 0.291 e. The summed E-state index contributed by atoms with van der Waals surface area (Å²) < 4.78 is 47.7. The first-order valence-corrected chi connectivity index (χ1v) is 9.95. The van der Waals surface area contributed by atoms with Gasteiger partial charge in [0.05, 0.1) is 11.4 Å². The molecule has 0 unspecified atom stereocenters. The molecule has 0 spiro atoms. The van der Waals surface area contributed by atoms with Gasteiger partial charge >= 0.3 is 0 Å². The van der Waals surface area contributed by atoms with Crippen molar-refractivity contribution in [2.75, 3.05) is 5.32 Å². The summed E-state index contributed by atoms with van der Waals surface area (Å²) in [6.45, 7) is 6.67. The Hall–Kier alpha value is -3.12. The van der Waals surface area contributed by atoms with Crippen LogP contribution in [0.25, 0.3) is 5.69 Å². The van der Waals surface area contributed by atoms with Crippen LogP contribution in [0, 0.1) is 12.7 Å². The topological polar surface area (TPSA) is 132 Å². The third-order valence-corrected chi connectivity index (χ3v) is 5.21. The Labute approximate surface area is 166 Å². The van der Waals surface area contributed by atoms with Crippen LogP contribution in [0.1, 0.15) is 37.2 Å². The van der Waals surface area contributed by atoms with Gasteiger partial charge in [-0.1, -0.05) is 0 Å². The molecule has 0 radical (unpaired) electrons. The van der Waals surface area contributed by atoms with E-state index >= 15 is 0 Å². The van der Waals surface area contributed by atoms with Crippen molar-refractivity contribution < 1.29 is 22.0 Å². The molecule has 1 aromatic carbocycles. The van der Waals surface area contributed by atoms with Crippen LogP contribution in [0.4, 0.5) is 10.1 Å². The highest BCUT2D eigenvalue weighted by Gasteiger charge is 2.26. The number of amides is 1. The van der Waals surface area contributed by atoms with Crippen LogP contribution < -0.4 is 10.0 Å². The predicted octanol–water partition coefficient (Wildman–Crippen LogP) is 2.03. The molecule has 2 heterocycles. The standard InChI is InChI=1S/C17H19FN6O4S/c1-10-20-22-23-24(10)11-5-6-12(18)13(9-11)19-16(25)14-7-8-15(28-14)29(26,27)21-17(2,3)4/h5-9,21H,1-4H3,(H,19,25). The predicted molar refractivity (Wildman–Crippen MR) is 101 cm³/mol. The Morgan fingerprint density at radius 1 is 1.21 bits per heavy atom. The van der Waals surface area contributed by atoms with Crippen LogP contribution >= 0.6 is 0 Å². The number of hydrogen-bond donors (Lipinski definition) is 2. The highest BCUT2D eigenvalue weighted by molar-refractivity contribution is 7.89. The fourth-order valence-corrected chi connectivity index (χ4v) is 3.79. The Balaban J connectivity index is 1.83. The number of aromatic nitrogens is 4. The molecule has 12 heteroatoms. The summed E-state index contributed by atoms with van der Waals surface area (Å²) in [5.41, 5.74) is -0.441. The lowest BCUT2D eigenvalue weighted by Crippen LogP contribution is -2.40. The third-order valence-electron chi connectivity index (χ3n) is 3.58. The SMILES string of the molecule is Cc1nnnn1-c1ccc(F)c(NC(=O)c2ccc(S(=O)(=O)NC(C)(C)C)o2)c1. The molecule has 29 heavy (non-hydrogen) atoms. The molecule has 0 fully saturated rings. The molecule has 0 atom stereocenters. The van der Waals surface area contributed by atoms with E-state index in [-0.39, 0.29) is 11.4 Å². The number of tetrazole rings is 1. The molecule has 10 nitrogen and oxygen atoms in total. The van der Waals surface area contributed by atoms with Gasteiger partial charge in [0.15, 0.2) is 11.6 Å². The number of benzene rings is 1. The minimum absolute atomic E-state index is 0.143. The van der Waals surface area contributed by atoms with Crippen LogP contribution in [0.5, 0.6) is 0 Å². The molecule has 2 N–H and O–H groups in total. The second kappa shape index (κ2) is 7.37. The molecule has 0 aliphatic heterocycles. The quantitative estimate of drug-likeness (QED) is 0.643. The summed E-state index contributed by atoms with van der Waals surface area (Å²) in [5, 5.41) is 13.0. The number of aryl methyl sites for hydroxylation is 1. The number of furan rings is 1. The average Bonchev–Trinajstić information content (AvgIpc) is 3.24. The first-order chi connectivity index (χ1) is 13.5. The van der Waals surface area contributed by atoms with E-state index in [4.69, 9.17) is 4.42 Å². The highest BCUT2D eigenvalue weighted by Crippen LogP contribution is 2.21. The monoisotopic (exact) mass is 422 g/mol. The summed E-state index contributed by atoms with van der Waals surface area (Å²) in [6.07, 6.45) is 0. The number of nitrogens with zero attached hydrogens (tertiary/aromatic N) is 4. The number of carbonyl (C=O) groups excluding carboxylic acids is 1. The van der Waals surface area contributed by atoms with Gasteiger partial charge < -0.3 is 9.73 Å². The van der Waals surface area contributed by atoms with E-state index < -0.39 is 32.4 Å². The normalized spacial score (nSPS) is 12.2. The van der Waals surface area contributed by atoms with Crippen molar-refractivity contribution in [2.24, 2.45) is 0 Å². The van der Waals surface area contributed by atoms with Crippen molar-refractivity contribution in [3.8, 4) is 5.69 Å². The molecular weight excluding hydrogens is 403 g/mol. The number of sulfonamides is 1. The molecule has 0 bridgehead atoms. The zero-order valence-electron chi connectivity index (χ0n) is 16.1. The molecule has 154 valence electrons. The molecule has 1 amide bonds. The zero-order valence-corrected chi connectivity index (χ0v) is 16.9. The van der Waals surface area contributed by atoms with Crippen LogP contribution in [0.2, 0.25) is 0 Å². The lowest BCUT2D eigenvalue weighted by atomic mass is 10.1. The zero-order chi connectivity index (χ0) is 21.4. The van der Waals surface area contributed by atoms with E-state index in [1.807, 2.05) is 0 Å². The Morgan fingerprint density at radius 2 is 1.93 bits per heavy atom. The molecule has 0 aliphatic carbocycles. The number of halogens is 1. The van der Waals surface area contributed by atoms with E-state index in [1.165, 1.54) is 22.9 Å². The van der Waals surface area contributed by atoms with Gasteiger partial charge in [0.2, 0.25) is 5.09 Å². The van der Waals surface area contributed by atoms with Crippen molar-refractivity contribution in [1.82, 2.24) is 24.9 Å². The number of carbonyl (C=O) groups is 1. The maximum Gasteiger partial charge on any atom is 0.291 e. The number of anilines is 1. The van der Waals surface area contributed by atoms with Gasteiger partial charge in [0.25, 0.3) is 15.9 Å². The molecule has 0 saturated heterocycles. The number of rotatable bonds is 5. The van der Waals surface area contributed by atoms with Crippen molar-refractivity contribution in [3.63, 3.8) is 0 Å². The lowest BCUT2D eigenvalue weighted by molar-refractivity contribution is 0.0991. The second-order valence-electron chi connectivity index (χ2n) is 7.23. The van der Waals surface area contributed by atoms with E-state index in [0.29, 0.717) is 11.5 Å². The summed E-state index contributed by atoms with van der Waals surface area (Å²) >= 11 is 0. The van der Waals surface area contributed by atoms with Crippen molar-refractivity contribution in [3.05, 3.63) is 47.7 Å². The van der Waals surface area contributed by atoms with Crippen molar-refractivity contribution in [1.29, 1.82) is 0 Å². The van der Waals surface area contributed by atoms with Gasteiger partial charge in [0.1, 0.15) is 5.82 Å². The van der Waals surface area contributed by atoms with E-state index in [2.05, 4.69) is 25.6 Å². The van der Waals surface area contributed by atoms with Gasteiger partial charge in [0, 0.05) is 5.54 Å². The first kappa shape index (κ1) is 20.6. The van der Waals surface area contributed by atoms with Gasteiger partial charge in [-0.25, -0.2) is 17.5 Å². The summed E-state index contributed by atoms with van der Waals surface area (Å²) in [5.74, 6) is -1.32. The van der Waals surface area contributed by atoms with Crippen LogP contribution in [0.3, 0.4) is 0 Å². The van der Waals surface area contributed by atoms with Crippen molar-refractivity contribution >= 4 is 21.6 Å². The van der Waals surface area contributed by atoms with E-state index in [1.54, 1.807) is 27.7 Å². The maximum atomic E-state index is 14.2. The Bertz CT molecular complexity index is 1160. The third kappa shape index (κ3) is 4.66. The van der Waals surface area contributed by atoms with Gasteiger partial charge in [-0.2, -0.15) is 4.68 Å². The second-order valence-corrected chi connectivity index (χ2v) is 8.84. The van der Waals surface area contributed by atoms with Crippen molar-refractivity contribution in [2.45, 2.75) is 38.3 Å². The van der Waals surface area contributed by atoms with Gasteiger partial charge in [-0.3, -0.25) is 4.79 Å². The first-order valence-electron chi connectivity index (χ1n) is 8.46. The molecular formula is C17H19FN6O4S. The largest absolute Gasteiger partial charge is 0.438 e. The fourth-order valence-electron chi connectivity index (χ4n) is 2.43. The molecule has 0 saturated carbocycles. The molecule has 3 rings (SSSR count). The molecule has 0 aliphatic rings. The van der Waals surface area contributed by atoms with Crippen LogP contribution in [-0.2, 0) is 10.0 Å². The van der Waals surface area contributed by atoms with Crippen LogP contribution in [-0.4, -0.2) is 40.1 Å². The summed E-state index contributed by atoms with van der Waals surface area (Å²) in [4.78, 5) is 12.4. The minimum Gasteiger partial charge on any atom is -0.438 e. The summed E-state index contributed by atoms with van der Waals surface area (Å²) in [6, 6.07) is 6.29. The fraction of sp³-hybridized carbons (Fsp3) is 0.294. The van der Waals surface area contributed by atoms with Crippen LogP contribution in [0.15, 0.2) is 39.8 Å².